The molecule has 0 aliphatic heterocycles. The Morgan fingerprint density at radius 2 is 1.14 bits per heavy atom. The van der Waals surface area contributed by atoms with E-state index in [1.165, 1.54) is 0 Å². The first kappa shape index (κ1) is 19.2. The summed E-state index contributed by atoms with van der Waals surface area (Å²) in [6.45, 7) is 0. The van der Waals surface area contributed by atoms with E-state index in [9.17, 15) is 14.4 Å². The minimum atomic E-state index is -1.40. The molecule has 14 heavy (non-hydrogen) atoms. The summed E-state index contributed by atoms with van der Waals surface area (Å²) in [6, 6.07) is 0. The molecular weight excluding hydrogens is 182 g/mol. The average Bonchev–Trinajstić information content (AvgIpc) is 1.83. The van der Waals surface area contributed by atoms with Crippen molar-refractivity contribution < 1.29 is 29.7 Å². The minimum absolute atomic E-state index is 0. The molecule has 72 valence electrons. The van der Waals surface area contributed by atoms with Crippen LogP contribution in [-0.4, -0.2) is 70.9 Å². The van der Waals surface area contributed by atoms with Crippen LogP contribution in [0.4, 0.5) is 0 Å². The van der Waals surface area contributed by atoms with E-state index in [0.29, 0.717) is 0 Å². The maximum absolute atomic E-state index is 10.2. The molecule has 0 aliphatic carbocycles. The molecule has 0 atom stereocenters. The van der Waals surface area contributed by atoms with Gasteiger partial charge in [0.05, 0.1) is 18.8 Å². The SMILES string of the molecule is O=C(O)CC(CC(=O)O)C(=O)O.[LiH].[LiH]. The quantitative estimate of drug-likeness (QED) is 0.449. The third-order valence-electron chi connectivity index (χ3n) is 1.19. The van der Waals surface area contributed by atoms with Crippen molar-refractivity contribution in [1.29, 1.82) is 0 Å². The maximum atomic E-state index is 10.2. The first-order valence-corrected chi connectivity index (χ1v) is 3.10. The second kappa shape index (κ2) is 9.17. The summed E-state index contributed by atoms with van der Waals surface area (Å²) in [5.74, 6) is -5.38. The second-order valence-electron chi connectivity index (χ2n) is 2.23. The molecule has 0 spiro atoms. The average molecular weight is 192 g/mol. The summed E-state index contributed by atoms with van der Waals surface area (Å²) in [5.41, 5.74) is 0. The van der Waals surface area contributed by atoms with E-state index < -0.39 is 36.7 Å². The number of aliphatic carboxylic acids is 3. The summed E-state index contributed by atoms with van der Waals surface area (Å²) in [7, 11) is 0. The molecule has 0 aliphatic rings. The van der Waals surface area contributed by atoms with Crippen LogP contribution in [0.2, 0.25) is 0 Å². The topological polar surface area (TPSA) is 112 Å². The zero-order valence-electron chi connectivity index (χ0n) is 6.06. The molecule has 0 aromatic carbocycles. The van der Waals surface area contributed by atoms with Gasteiger partial charge in [-0.3, -0.25) is 14.4 Å². The summed E-state index contributed by atoms with van der Waals surface area (Å²) < 4.78 is 0. The molecule has 0 saturated heterocycles. The number of hydrogen-bond donors (Lipinski definition) is 3. The Kier molecular flexibility index (Phi) is 12.6. The zero-order valence-corrected chi connectivity index (χ0v) is 6.06. The van der Waals surface area contributed by atoms with Crippen LogP contribution in [0.25, 0.3) is 0 Å². The van der Waals surface area contributed by atoms with Crippen molar-refractivity contribution in [1.82, 2.24) is 0 Å². The molecular formula is C6H10Li2O6. The molecule has 0 amide bonds. The fourth-order valence-corrected chi connectivity index (χ4v) is 0.668. The molecule has 3 N–H and O–H groups in total. The van der Waals surface area contributed by atoms with E-state index in [1.807, 2.05) is 0 Å². The van der Waals surface area contributed by atoms with E-state index in [0.717, 1.165) is 0 Å². The second-order valence-corrected chi connectivity index (χ2v) is 2.23. The van der Waals surface area contributed by atoms with Crippen molar-refractivity contribution in [2.75, 3.05) is 0 Å². The molecule has 0 unspecified atom stereocenters. The van der Waals surface area contributed by atoms with Crippen LogP contribution in [-0.2, 0) is 14.4 Å². The van der Waals surface area contributed by atoms with Gasteiger partial charge in [-0.05, 0) is 0 Å². The molecule has 0 rings (SSSR count). The van der Waals surface area contributed by atoms with Gasteiger partial charge < -0.3 is 15.3 Å². The van der Waals surface area contributed by atoms with Gasteiger partial charge in [0, 0.05) is 0 Å². The summed E-state index contributed by atoms with van der Waals surface area (Å²) in [5, 5.41) is 24.7. The molecule has 0 aromatic heterocycles. The zero-order chi connectivity index (χ0) is 9.72. The normalized spacial score (nSPS) is 8.36. The summed E-state index contributed by atoms with van der Waals surface area (Å²) in [4.78, 5) is 30.3. The molecule has 0 heterocycles. The van der Waals surface area contributed by atoms with Crippen LogP contribution in [0.3, 0.4) is 0 Å². The fourth-order valence-electron chi connectivity index (χ4n) is 0.668. The Balaban J connectivity index is -0.000000605. The van der Waals surface area contributed by atoms with Gasteiger partial charge in [0.25, 0.3) is 0 Å². The van der Waals surface area contributed by atoms with Gasteiger partial charge in [0.2, 0.25) is 0 Å². The molecule has 0 fully saturated rings. The van der Waals surface area contributed by atoms with E-state index in [4.69, 9.17) is 15.3 Å². The van der Waals surface area contributed by atoms with Gasteiger partial charge >= 0.3 is 55.6 Å². The molecule has 0 aromatic rings. The predicted molar refractivity (Wildman–Crippen MR) is 49.9 cm³/mol. The van der Waals surface area contributed by atoms with Crippen molar-refractivity contribution in [2.24, 2.45) is 5.92 Å². The molecule has 0 saturated carbocycles. The Morgan fingerprint density at radius 3 is 1.29 bits per heavy atom. The van der Waals surface area contributed by atoms with Crippen LogP contribution in [0.1, 0.15) is 12.8 Å². The number of rotatable bonds is 5. The number of hydrogen-bond acceptors (Lipinski definition) is 3. The first-order valence-electron chi connectivity index (χ1n) is 3.10. The van der Waals surface area contributed by atoms with Crippen LogP contribution >= 0.6 is 0 Å². The van der Waals surface area contributed by atoms with Gasteiger partial charge in [0.1, 0.15) is 0 Å². The molecule has 8 heteroatoms. The molecule has 0 bridgehead atoms. The van der Waals surface area contributed by atoms with E-state index in [1.54, 1.807) is 0 Å². The van der Waals surface area contributed by atoms with Crippen molar-refractivity contribution in [2.45, 2.75) is 12.8 Å². The summed E-state index contributed by atoms with van der Waals surface area (Å²) >= 11 is 0. The van der Waals surface area contributed by atoms with Crippen molar-refractivity contribution in [3.63, 3.8) is 0 Å². The fraction of sp³-hybridized carbons (Fsp3) is 0.500. The van der Waals surface area contributed by atoms with Crippen molar-refractivity contribution in [3.8, 4) is 0 Å². The van der Waals surface area contributed by atoms with Gasteiger partial charge in [-0.15, -0.1) is 0 Å². The van der Waals surface area contributed by atoms with Crippen LogP contribution in [0.5, 0.6) is 0 Å². The van der Waals surface area contributed by atoms with Gasteiger partial charge in [-0.25, -0.2) is 0 Å². The van der Waals surface area contributed by atoms with E-state index in [-0.39, 0.29) is 37.7 Å². The Bertz CT molecular complexity index is 200. The third-order valence-corrected chi connectivity index (χ3v) is 1.19. The van der Waals surface area contributed by atoms with Crippen molar-refractivity contribution >= 4 is 55.6 Å². The standard InChI is InChI=1S/C6H8O6.2Li.2H/c7-4(8)1-3(6(11)12)2-5(9)10;;;;/h3H,1-2H2,(H,7,8)(H,9,10)(H,11,12);;;;. The van der Waals surface area contributed by atoms with Gasteiger partial charge in [-0.1, -0.05) is 0 Å². The monoisotopic (exact) mass is 192 g/mol. The van der Waals surface area contributed by atoms with Crippen LogP contribution in [0, 0.1) is 5.92 Å². The van der Waals surface area contributed by atoms with Crippen LogP contribution in [0.15, 0.2) is 0 Å². The van der Waals surface area contributed by atoms with E-state index in [2.05, 4.69) is 0 Å². The number of carboxylic acids is 3. The van der Waals surface area contributed by atoms with Crippen molar-refractivity contribution in [3.05, 3.63) is 0 Å². The van der Waals surface area contributed by atoms with Gasteiger partial charge in [0.15, 0.2) is 0 Å². The van der Waals surface area contributed by atoms with E-state index >= 15 is 0 Å². The number of carbonyl (C=O) groups is 3. The third kappa shape index (κ3) is 9.69. The summed E-state index contributed by atoms with van der Waals surface area (Å²) in [6.07, 6.45) is -1.33. The Labute approximate surface area is 104 Å². The first-order chi connectivity index (χ1) is 5.43. The number of carboxylic acid groups (broad SMARTS) is 3. The molecule has 6 nitrogen and oxygen atoms in total. The Morgan fingerprint density at radius 1 is 0.857 bits per heavy atom. The Hall–Kier alpha value is -0.395. The molecule has 0 radical (unpaired) electrons. The van der Waals surface area contributed by atoms with Gasteiger partial charge in [-0.2, -0.15) is 0 Å². The predicted octanol–water partition coefficient (Wildman–Crippen LogP) is -1.66. The van der Waals surface area contributed by atoms with Crippen LogP contribution < -0.4 is 0 Å².